The Morgan fingerprint density at radius 1 is 1.09 bits per heavy atom. The van der Waals surface area contributed by atoms with Gasteiger partial charge in [0.05, 0.1) is 23.9 Å². The molecule has 6 rings (SSSR count). The summed E-state index contributed by atoms with van der Waals surface area (Å²) in [5.74, 6) is -0.883. The van der Waals surface area contributed by atoms with E-state index in [0.29, 0.717) is 44.4 Å². The lowest BCUT2D eigenvalue weighted by Gasteiger charge is -2.22. The Labute approximate surface area is 260 Å². The average molecular weight is 632 g/mol. The van der Waals surface area contributed by atoms with E-state index in [0.717, 1.165) is 11.1 Å². The van der Waals surface area contributed by atoms with Gasteiger partial charge in [0.2, 0.25) is 5.13 Å². The van der Waals surface area contributed by atoms with Crippen molar-refractivity contribution in [2.24, 2.45) is 0 Å². The smallest absolute Gasteiger partial charge is 0.301 e. The van der Waals surface area contributed by atoms with Crippen LogP contribution in [0.1, 0.15) is 41.0 Å². The van der Waals surface area contributed by atoms with Crippen LogP contribution < -0.4 is 9.64 Å². The van der Waals surface area contributed by atoms with E-state index in [1.54, 1.807) is 24.3 Å². The van der Waals surface area contributed by atoms with Crippen molar-refractivity contribution in [1.82, 2.24) is 19.6 Å². The minimum Gasteiger partial charge on any atom is -0.505 e. The van der Waals surface area contributed by atoms with Gasteiger partial charge in [-0.3, -0.25) is 14.5 Å². The number of thioether (sulfide) groups is 1. The van der Waals surface area contributed by atoms with E-state index in [-0.39, 0.29) is 22.2 Å². The fraction of sp³-hybridized carbons (Fsp3) is 0.194. The number of aryl methyl sites for hydroxylation is 2. The van der Waals surface area contributed by atoms with Crippen molar-refractivity contribution < 1.29 is 19.4 Å². The number of nitrogens with zero attached hydrogens (tertiary/aromatic N) is 5. The highest BCUT2D eigenvalue weighted by Crippen LogP contribution is 2.45. The lowest BCUT2D eigenvalue weighted by Crippen LogP contribution is -2.29. The molecule has 2 aromatic carbocycles. The summed E-state index contributed by atoms with van der Waals surface area (Å²) in [5, 5.41) is 21.2. The summed E-state index contributed by atoms with van der Waals surface area (Å²) in [7, 11) is 0. The van der Waals surface area contributed by atoms with Crippen molar-refractivity contribution in [2.75, 3.05) is 11.5 Å². The summed E-state index contributed by atoms with van der Waals surface area (Å²) in [6.07, 6.45) is 1.84. The van der Waals surface area contributed by atoms with Crippen LogP contribution in [0.2, 0.25) is 5.02 Å². The van der Waals surface area contributed by atoms with Gasteiger partial charge in [-0.2, -0.15) is 0 Å². The van der Waals surface area contributed by atoms with Crippen molar-refractivity contribution in [3.8, 4) is 5.75 Å². The van der Waals surface area contributed by atoms with E-state index < -0.39 is 17.7 Å². The molecule has 1 fully saturated rings. The first-order valence-electron chi connectivity index (χ1n) is 13.5. The van der Waals surface area contributed by atoms with Crippen LogP contribution in [0.4, 0.5) is 5.13 Å². The van der Waals surface area contributed by atoms with Gasteiger partial charge >= 0.3 is 5.91 Å². The van der Waals surface area contributed by atoms with E-state index >= 15 is 0 Å². The second-order valence-electron chi connectivity index (χ2n) is 9.84. The SMILES string of the molecule is CCOc1cccc(C2/C(=C(\O)c3nc4c(C)cccn4c3C)C(=O)C(=O)N2c2nnc(SCc3ccccc3Cl)s2)c1. The largest absolute Gasteiger partial charge is 0.505 e. The number of aliphatic hydroxyl groups excluding tert-OH is 1. The molecule has 1 aliphatic heterocycles. The zero-order valence-electron chi connectivity index (χ0n) is 23.4. The summed E-state index contributed by atoms with van der Waals surface area (Å²) < 4.78 is 8.17. The predicted molar refractivity (Wildman–Crippen MR) is 168 cm³/mol. The quantitative estimate of drug-likeness (QED) is 0.0657. The van der Waals surface area contributed by atoms with Crippen molar-refractivity contribution in [1.29, 1.82) is 0 Å². The highest BCUT2D eigenvalue weighted by Gasteiger charge is 2.49. The molecular formula is C31H26ClN5O4S2. The van der Waals surface area contributed by atoms with Gasteiger partial charge in [0.15, 0.2) is 10.1 Å². The molecule has 12 heteroatoms. The number of ether oxygens (including phenoxy) is 1. The fourth-order valence-corrected chi connectivity index (χ4v) is 7.23. The number of anilines is 1. The molecule has 1 aliphatic rings. The first kappa shape index (κ1) is 28.9. The number of aromatic nitrogens is 4. The Bertz CT molecular complexity index is 1920. The van der Waals surface area contributed by atoms with Crippen molar-refractivity contribution in [2.45, 2.75) is 36.9 Å². The van der Waals surface area contributed by atoms with E-state index in [1.165, 1.54) is 28.0 Å². The number of imidazole rings is 1. The molecule has 1 atom stereocenters. The third kappa shape index (κ3) is 5.28. The first-order chi connectivity index (χ1) is 20.8. The number of Topliss-reactive ketones (excluding diaryl/α,β-unsaturated/α-hetero) is 1. The molecule has 0 spiro atoms. The molecule has 9 nitrogen and oxygen atoms in total. The van der Waals surface area contributed by atoms with Crippen LogP contribution in [-0.4, -0.2) is 43.0 Å². The molecule has 5 aromatic rings. The predicted octanol–water partition coefficient (Wildman–Crippen LogP) is 6.77. The van der Waals surface area contributed by atoms with Crippen LogP contribution in [-0.2, 0) is 15.3 Å². The standard InChI is InChI=1S/C31H26ClN5O4S2/c1-4-41-21-12-7-11-19(15-21)25-23(26(38)24-18(3)36-14-8-9-17(2)28(36)33-24)27(39)29(40)37(25)30-34-35-31(43-30)42-16-20-10-5-6-13-22(20)32/h5-15,25,38H,4,16H2,1-3H3/b26-23+. The molecule has 1 N–H and O–H groups in total. The van der Waals surface area contributed by atoms with Gasteiger partial charge in [0, 0.05) is 17.0 Å². The van der Waals surface area contributed by atoms with Crippen LogP contribution in [0.15, 0.2) is 76.8 Å². The van der Waals surface area contributed by atoms with Gasteiger partial charge in [-0.05, 0) is 61.7 Å². The number of hydrogen-bond acceptors (Lipinski definition) is 9. The van der Waals surface area contributed by atoms with Crippen LogP contribution in [0.25, 0.3) is 11.4 Å². The van der Waals surface area contributed by atoms with Gasteiger partial charge < -0.3 is 14.2 Å². The summed E-state index contributed by atoms with van der Waals surface area (Å²) in [4.78, 5) is 33.3. The van der Waals surface area contributed by atoms with Gasteiger partial charge in [0.1, 0.15) is 17.1 Å². The number of rotatable bonds is 8. The summed E-state index contributed by atoms with van der Waals surface area (Å²) in [6, 6.07) is 17.5. The molecule has 1 unspecified atom stereocenters. The number of aliphatic hydroxyl groups is 1. The van der Waals surface area contributed by atoms with E-state index in [2.05, 4.69) is 15.2 Å². The lowest BCUT2D eigenvalue weighted by molar-refractivity contribution is -0.132. The Hall–Kier alpha value is -4.19. The van der Waals surface area contributed by atoms with Crippen LogP contribution >= 0.6 is 34.7 Å². The van der Waals surface area contributed by atoms with Crippen molar-refractivity contribution >= 4 is 62.9 Å². The number of halogens is 1. The number of ketones is 1. The van der Waals surface area contributed by atoms with E-state index in [1.807, 2.05) is 67.8 Å². The first-order valence-corrected chi connectivity index (χ1v) is 15.6. The second kappa shape index (κ2) is 11.8. The molecule has 0 radical (unpaired) electrons. The van der Waals surface area contributed by atoms with Gasteiger partial charge in [-0.15, -0.1) is 10.2 Å². The minimum absolute atomic E-state index is 0.0803. The molecule has 1 saturated heterocycles. The summed E-state index contributed by atoms with van der Waals surface area (Å²) in [6.45, 7) is 6.03. The number of fused-ring (bicyclic) bond motifs is 1. The topological polar surface area (TPSA) is 110 Å². The monoisotopic (exact) mass is 631 g/mol. The minimum atomic E-state index is -0.986. The Morgan fingerprint density at radius 2 is 1.91 bits per heavy atom. The molecule has 0 bridgehead atoms. The number of pyridine rings is 1. The molecular weight excluding hydrogens is 606 g/mol. The van der Waals surface area contributed by atoms with E-state index in [4.69, 9.17) is 16.3 Å². The molecule has 0 aliphatic carbocycles. The van der Waals surface area contributed by atoms with Crippen molar-refractivity contribution in [3.05, 3.63) is 106 Å². The van der Waals surface area contributed by atoms with Crippen LogP contribution in [0, 0.1) is 13.8 Å². The highest BCUT2D eigenvalue weighted by atomic mass is 35.5. The maximum atomic E-state index is 13.7. The Balaban J connectivity index is 1.45. The average Bonchev–Trinajstić information content (AvgIpc) is 3.68. The second-order valence-corrected chi connectivity index (χ2v) is 12.4. The molecule has 0 saturated carbocycles. The number of hydrogen-bond donors (Lipinski definition) is 1. The zero-order chi connectivity index (χ0) is 30.2. The number of carbonyl (C=O) groups is 2. The molecule has 218 valence electrons. The normalized spacial score (nSPS) is 16.4. The van der Waals surface area contributed by atoms with Crippen molar-refractivity contribution in [3.63, 3.8) is 0 Å². The Morgan fingerprint density at radius 3 is 2.67 bits per heavy atom. The highest BCUT2D eigenvalue weighted by molar-refractivity contribution is 8.00. The number of benzene rings is 2. The van der Waals surface area contributed by atoms with Crippen LogP contribution in [0.3, 0.4) is 0 Å². The summed E-state index contributed by atoms with van der Waals surface area (Å²) >= 11 is 8.93. The van der Waals surface area contributed by atoms with Crippen LogP contribution in [0.5, 0.6) is 5.75 Å². The molecule has 3 aromatic heterocycles. The zero-order valence-corrected chi connectivity index (χ0v) is 25.8. The maximum Gasteiger partial charge on any atom is 0.301 e. The van der Waals surface area contributed by atoms with E-state index in [9.17, 15) is 14.7 Å². The van der Waals surface area contributed by atoms with Gasteiger partial charge in [0.25, 0.3) is 5.78 Å². The molecule has 43 heavy (non-hydrogen) atoms. The number of carbonyl (C=O) groups excluding carboxylic acids is 2. The van der Waals surface area contributed by atoms with Gasteiger partial charge in [-0.1, -0.05) is 71.1 Å². The molecule has 4 heterocycles. The van der Waals surface area contributed by atoms with Gasteiger partial charge in [-0.25, -0.2) is 4.98 Å². The summed E-state index contributed by atoms with van der Waals surface area (Å²) in [5.41, 5.74) is 3.85. The third-order valence-electron chi connectivity index (χ3n) is 7.15. The molecule has 1 amide bonds. The number of amides is 1. The Kier molecular flexibility index (Phi) is 7.95. The fourth-order valence-electron chi connectivity index (χ4n) is 5.07. The lowest BCUT2D eigenvalue weighted by atomic mass is 9.96. The maximum absolute atomic E-state index is 13.7. The third-order valence-corrected chi connectivity index (χ3v) is 9.62.